The molecule has 5 heteroatoms. The number of halogens is 2. The predicted octanol–water partition coefficient (Wildman–Crippen LogP) is 11.9. The minimum atomic E-state index is -0.575. The van der Waals surface area contributed by atoms with Crippen LogP contribution in [-0.4, -0.2) is 17.9 Å². The number of amides is 1. The molecule has 5 aromatic rings. The molecule has 0 spiro atoms. The monoisotopic (exact) mass is 733 g/mol. The van der Waals surface area contributed by atoms with Crippen molar-refractivity contribution in [2.75, 3.05) is 7.05 Å². The lowest BCUT2D eigenvalue weighted by molar-refractivity contribution is -0.132. The molecule has 264 valence electrons. The van der Waals surface area contributed by atoms with Gasteiger partial charge in [0.1, 0.15) is 0 Å². The van der Waals surface area contributed by atoms with Gasteiger partial charge in [-0.05, 0) is 90.3 Å². The van der Waals surface area contributed by atoms with Crippen molar-refractivity contribution in [2.24, 2.45) is 0 Å². The highest BCUT2D eigenvalue weighted by molar-refractivity contribution is 7.79. The second-order valence-electron chi connectivity index (χ2n) is 13.9. The van der Waals surface area contributed by atoms with E-state index in [0.29, 0.717) is 16.5 Å². The van der Waals surface area contributed by atoms with Crippen LogP contribution in [0.2, 0.25) is 10.0 Å². The van der Waals surface area contributed by atoms with Crippen molar-refractivity contribution in [3.05, 3.63) is 160 Å². The summed E-state index contributed by atoms with van der Waals surface area (Å²) in [6.45, 7) is 0. The predicted molar refractivity (Wildman–Crippen MR) is 220 cm³/mol. The van der Waals surface area contributed by atoms with Gasteiger partial charge < -0.3 is 4.90 Å². The van der Waals surface area contributed by atoms with Gasteiger partial charge >= 0.3 is 0 Å². The first-order valence-corrected chi connectivity index (χ1v) is 20.9. The van der Waals surface area contributed by atoms with Crippen molar-refractivity contribution < 1.29 is 4.79 Å². The lowest BCUT2D eigenvalue weighted by Gasteiger charge is -2.37. The second kappa shape index (κ2) is 18.9. The molecule has 51 heavy (non-hydrogen) atoms. The molecule has 0 aliphatic heterocycles. The maximum absolute atomic E-state index is 13.3. The van der Waals surface area contributed by atoms with E-state index in [1.165, 1.54) is 76.7 Å². The molecule has 0 saturated heterocycles. The Hall–Kier alpha value is -3.42. The number of carbonyl (C=O) groups excluding carboxylic acids is 1. The number of carbonyl (C=O) groups is 1. The fourth-order valence-corrected chi connectivity index (χ4v) is 10.6. The molecule has 0 fully saturated rings. The zero-order valence-corrected chi connectivity index (χ0v) is 32.2. The molecule has 5 aromatic carbocycles. The quantitative estimate of drug-likeness (QED) is 0.0730. The Morgan fingerprint density at radius 3 is 1.86 bits per heavy atom. The van der Waals surface area contributed by atoms with E-state index in [1.54, 1.807) is 0 Å². The van der Waals surface area contributed by atoms with E-state index >= 15 is 0 Å². The highest BCUT2D eigenvalue weighted by Gasteiger charge is 2.32. The van der Waals surface area contributed by atoms with Gasteiger partial charge in [0.05, 0.1) is 16.1 Å². The van der Waals surface area contributed by atoms with Gasteiger partial charge in [-0.1, -0.05) is 177 Å². The topological polar surface area (TPSA) is 20.3 Å². The normalized spacial score (nSPS) is 15.5. The van der Waals surface area contributed by atoms with Crippen molar-refractivity contribution >= 4 is 52.9 Å². The van der Waals surface area contributed by atoms with E-state index in [-0.39, 0.29) is 17.9 Å². The number of unbranched alkanes of at least 4 members (excludes halogenated alkanes) is 7. The van der Waals surface area contributed by atoms with E-state index in [0.717, 1.165) is 32.1 Å². The van der Waals surface area contributed by atoms with Crippen LogP contribution < -0.4 is 15.9 Å². The summed E-state index contributed by atoms with van der Waals surface area (Å²) >= 11 is 12.6. The molecule has 6 rings (SSSR count). The van der Waals surface area contributed by atoms with Crippen LogP contribution in [0.5, 0.6) is 0 Å². The number of aryl methyl sites for hydroxylation is 1. The summed E-state index contributed by atoms with van der Waals surface area (Å²) in [5.41, 5.74) is 5.23. The summed E-state index contributed by atoms with van der Waals surface area (Å²) in [6, 6.07) is 45.8. The molecule has 0 N–H and O–H groups in total. The second-order valence-corrected chi connectivity index (χ2v) is 16.9. The minimum Gasteiger partial charge on any atom is -0.339 e. The van der Waals surface area contributed by atoms with Crippen LogP contribution in [0.15, 0.2) is 127 Å². The van der Waals surface area contributed by atoms with Crippen LogP contribution in [0.4, 0.5) is 0 Å². The summed E-state index contributed by atoms with van der Waals surface area (Å²) in [4.78, 5) is 15.3. The summed E-state index contributed by atoms with van der Waals surface area (Å²) < 4.78 is 0. The number of hydrogen-bond acceptors (Lipinski definition) is 1. The molecule has 1 aliphatic carbocycles. The van der Waals surface area contributed by atoms with Crippen molar-refractivity contribution in [2.45, 2.75) is 89.0 Å². The van der Waals surface area contributed by atoms with Gasteiger partial charge in [0, 0.05) is 19.4 Å². The minimum absolute atomic E-state index is 0.114. The first kappa shape index (κ1) is 37.3. The molecule has 0 bridgehead atoms. The van der Waals surface area contributed by atoms with E-state index in [2.05, 4.69) is 115 Å². The molecule has 2 nitrogen and oxygen atoms in total. The van der Waals surface area contributed by atoms with Crippen LogP contribution in [0, 0.1) is 0 Å². The number of hydrogen-bond donors (Lipinski definition) is 0. The Labute approximate surface area is 317 Å². The third kappa shape index (κ3) is 9.72. The number of fused-ring (bicyclic) bond motifs is 1. The first-order chi connectivity index (χ1) is 25.0. The highest BCUT2D eigenvalue weighted by atomic mass is 35.5. The molecule has 2 atom stereocenters. The van der Waals surface area contributed by atoms with Crippen LogP contribution in [0.25, 0.3) is 0 Å². The number of benzene rings is 5. The fraction of sp³-hybridized carbons (Fsp3) is 0.326. The SMILES string of the molecule is CN(C(=O)CCCCCCCCCCc1ccccc1P(c1ccccc1)c1ccccc1)[C@H]1CC[C@@H](c2ccc(Cl)c(Cl)c2)c2ccccc21. The van der Waals surface area contributed by atoms with Crippen LogP contribution in [-0.2, 0) is 11.2 Å². The lowest BCUT2D eigenvalue weighted by Crippen LogP contribution is -2.34. The maximum Gasteiger partial charge on any atom is 0.222 e. The highest BCUT2D eigenvalue weighted by Crippen LogP contribution is 2.44. The summed E-state index contributed by atoms with van der Waals surface area (Å²) in [5, 5.41) is 5.49. The Bertz CT molecular complexity index is 1810. The van der Waals surface area contributed by atoms with Crippen molar-refractivity contribution in [1.82, 2.24) is 4.90 Å². The van der Waals surface area contributed by atoms with Gasteiger partial charge in [-0.3, -0.25) is 4.79 Å². The first-order valence-electron chi connectivity index (χ1n) is 18.8. The van der Waals surface area contributed by atoms with Crippen molar-refractivity contribution in [3.63, 3.8) is 0 Å². The van der Waals surface area contributed by atoms with E-state index in [1.807, 2.05) is 24.1 Å². The van der Waals surface area contributed by atoms with Crippen LogP contribution >= 0.6 is 31.1 Å². The average molecular weight is 735 g/mol. The zero-order valence-electron chi connectivity index (χ0n) is 29.8. The van der Waals surface area contributed by atoms with Crippen LogP contribution in [0.1, 0.15) is 105 Å². The van der Waals surface area contributed by atoms with Crippen molar-refractivity contribution in [1.29, 1.82) is 0 Å². The Morgan fingerprint density at radius 1 is 0.627 bits per heavy atom. The third-order valence-electron chi connectivity index (χ3n) is 10.5. The van der Waals surface area contributed by atoms with E-state index < -0.39 is 7.92 Å². The lowest BCUT2D eigenvalue weighted by atomic mass is 9.76. The Balaban J connectivity index is 0.911. The average Bonchev–Trinajstić information content (AvgIpc) is 3.17. The largest absolute Gasteiger partial charge is 0.339 e. The molecule has 0 heterocycles. The zero-order chi connectivity index (χ0) is 35.4. The van der Waals surface area contributed by atoms with Gasteiger partial charge in [0.2, 0.25) is 5.91 Å². The summed E-state index contributed by atoms with van der Waals surface area (Å²) in [5.74, 6) is 0.519. The fourth-order valence-electron chi connectivity index (χ4n) is 7.77. The smallest absolute Gasteiger partial charge is 0.222 e. The summed E-state index contributed by atoms with van der Waals surface area (Å²) in [6.07, 6.45) is 13.3. The van der Waals surface area contributed by atoms with E-state index in [4.69, 9.17) is 23.2 Å². The molecule has 0 unspecified atom stereocenters. The van der Waals surface area contributed by atoms with Gasteiger partial charge in [-0.25, -0.2) is 0 Å². The number of nitrogens with zero attached hydrogens (tertiary/aromatic N) is 1. The van der Waals surface area contributed by atoms with Gasteiger partial charge in [0.25, 0.3) is 0 Å². The maximum atomic E-state index is 13.3. The summed E-state index contributed by atoms with van der Waals surface area (Å²) in [7, 11) is 1.42. The molecular weight excluding hydrogens is 684 g/mol. The van der Waals surface area contributed by atoms with Crippen LogP contribution in [0.3, 0.4) is 0 Å². The van der Waals surface area contributed by atoms with E-state index in [9.17, 15) is 4.79 Å². The third-order valence-corrected chi connectivity index (χ3v) is 13.8. The van der Waals surface area contributed by atoms with Gasteiger partial charge in [-0.2, -0.15) is 0 Å². The standard InChI is InChI=1S/C46H50Cl2NOP/c1-49(44-33-31-39(40-26-17-18-27-41(40)44)36-30-32-42(47)43(48)34-36)46(50)29-15-7-5-3-2-4-6-10-20-35-21-16-19-28-45(35)51(37-22-11-8-12-23-37)38-24-13-9-14-25-38/h8-9,11-14,16-19,21-28,30,32,34,39,44H,2-7,10,15,20,29,31,33H2,1H3/t39-,44-/m0/s1. The van der Waals surface area contributed by atoms with Gasteiger partial charge in [0.15, 0.2) is 0 Å². The molecule has 1 aliphatic rings. The molecule has 0 saturated carbocycles. The molecule has 0 radical (unpaired) electrons. The Morgan fingerprint density at radius 2 is 1.20 bits per heavy atom. The molecule has 1 amide bonds. The molecule has 0 aromatic heterocycles. The Kier molecular flexibility index (Phi) is 13.8. The number of rotatable bonds is 16. The molecular formula is C46H50Cl2NOP. The van der Waals surface area contributed by atoms with Crippen molar-refractivity contribution in [3.8, 4) is 0 Å². The van der Waals surface area contributed by atoms with Gasteiger partial charge in [-0.15, -0.1) is 0 Å².